The Hall–Kier alpha value is -3.37. The maximum Gasteiger partial charge on any atom is 0.251 e. The lowest BCUT2D eigenvalue weighted by molar-refractivity contribution is 0.0946. The molecular weight excluding hydrogens is 428 g/mol. The molecule has 9 nitrogen and oxygen atoms in total. The number of nitrogens with one attached hydrogen (secondary N) is 2. The molecule has 0 saturated heterocycles. The number of anilines is 1. The molecule has 1 amide bonds. The van der Waals surface area contributed by atoms with Crippen molar-refractivity contribution in [3.8, 4) is 22.6 Å². The molecule has 5 rings (SSSR count). The van der Waals surface area contributed by atoms with Crippen molar-refractivity contribution in [3.63, 3.8) is 0 Å². The molecule has 2 aliphatic rings. The van der Waals surface area contributed by atoms with Gasteiger partial charge in [0.05, 0.1) is 11.9 Å². The van der Waals surface area contributed by atoms with Gasteiger partial charge in [-0.3, -0.25) is 9.78 Å². The molecule has 0 atom stereocenters. The summed E-state index contributed by atoms with van der Waals surface area (Å²) in [5.74, 6) is 0.618. The first-order chi connectivity index (χ1) is 15.4. The van der Waals surface area contributed by atoms with E-state index in [1.54, 1.807) is 18.2 Å². The summed E-state index contributed by atoms with van der Waals surface area (Å²) in [5, 5.41) is 2.82. The van der Waals surface area contributed by atoms with Crippen molar-refractivity contribution in [3.05, 3.63) is 53.9 Å². The molecule has 0 spiro atoms. The first-order valence-electron chi connectivity index (χ1n) is 10.4. The van der Waals surface area contributed by atoms with E-state index in [9.17, 15) is 13.2 Å². The molecule has 1 saturated carbocycles. The lowest BCUT2D eigenvalue weighted by atomic mass is 9.96. The third kappa shape index (κ3) is 4.06. The second-order valence-corrected chi connectivity index (χ2v) is 9.81. The maximum absolute atomic E-state index is 12.4. The van der Waals surface area contributed by atoms with Gasteiger partial charge < -0.3 is 11.1 Å². The predicted octanol–water partition coefficient (Wildman–Crippen LogP) is 1.76. The van der Waals surface area contributed by atoms with Crippen LogP contribution in [-0.4, -0.2) is 42.4 Å². The van der Waals surface area contributed by atoms with E-state index in [0.717, 1.165) is 30.4 Å². The van der Waals surface area contributed by atoms with Gasteiger partial charge in [0.25, 0.3) is 5.91 Å². The van der Waals surface area contributed by atoms with Crippen molar-refractivity contribution >= 4 is 21.7 Å². The second kappa shape index (κ2) is 7.95. The number of amides is 1. The fourth-order valence-electron chi connectivity index (χ4n) is 3.63. The van der Waals surface area contributed by atoms with Gasteiger partial charge in [0.2, 0.25) is 10.0 Å². The summed E-state index contributed by atoms with van der Waals surface area (Å²) in [5.41, 5.74) is 9.87. The zero-order valence-corrected chi connectivity index (χ0v) is 18.0. The molecular formula is C22H22N6O3S. The number of aromatic nitrogens is 3. The molecule has 2 aromatic heterocycles. The molecule has 164 valence electrons. The fraction of sp³-hybridized carbons (Fsp3) is 0.273. The standard InChI is InChI=1S/C22H22N6O3S/c23-21-20(15-3-5-17-14(9-15)7-8-24-22(17)29)28-19(12-26-21)18-6-4-16(11-25-18)32(30,31)27-10-13-1-2-13/h3-6,9,11-13,27H,1-2,7-8,10H2,(H2,23,26)(H,24,29). The average molecular weight is 451 g/mol. The van der Waals surface area contributed by atoms with E-state index in [4.69, 9.17) is 5.73 Å². The number of pyridine rings is 1. The Morgan fingerprint density at radius 2 is 1.94 bits per heavy atom. The van der Waals surface area contributed by atoms with Gasteiger partial charge in [0.15, 0.2) is 0 Å². The summed E-state index contributed by atoms with van der Waals surface area (Å²) in [6.07, 6.45) is 5.69. The van der Waals surface area contributed by atoms with Crippen molar-refractivity contribution in [1.29, 1.82) is 0 Å². The fourth-order valence-corrected chi connectivity index (χ4v) is 4.69. The largest absolute Gasteiger partial charge is 0.382 e. The number of hydrogen-bond acceptors (Lipinski definition) is 7. The third-order valence-electron chi connectivity index (χ3n) is 5.67. The molecule has 1 aromatic carbocycles. The smallest absolute Gasteiger partial charge is 0.251 e. The van der Waals surface area contributed by atoms with Crippen molar-refractivity contribution in [2.45, 2.75) is 24.2 Å². The van der Waals surface area contributed by atoms with Crippen LogP contribution in [0.3, 0.4) is 0 Å². The Labute approximate surface area is 185 Å². The van der Waals surface area contributed by atoms with Gasteiger partial charge in [0.1, 0.15) is 22.1 Å². The molecule has 1 aliphatic heterocycles. The number of nitrogen functional groups attached to an aromatic ring is 1. The lowest BCUT2D eigenvalue weighted by Gasteiger charge is -2.17. The van der Waals surface area contributed by atoms with Gasteiger partial charge in [-0.1, -0.05) is 6.07 Å². The zero-order valence-electron chi connectivity index (χ0n) is 17.2. The van der Waals surface area contributed by atoms with E-state index in [2.05, 4.69) is 25.0 Å². The molecule has 0 radical (unpaired) electrons. The lowest BCUT2D eigenvalue weighted by Crippen LogP contribution is -2.31. The Bertz CT molecular complexity index is 1300. The topological polar surface area (TPSA) is 140 Å². The van der Waals surface area contributed by atoms with E-state index < -0.39 is 10.0 Å². The highest BCUT2D eigenvalue weighted by atomic mass is 32.2. The number of rotatable bonds is 6. The average Bonchev–Trinajstić information content (AvgIpc) is 3.63. The minimum absolute atomic E-state index is 0.0866. The van der Waals surface area contributed by atoms with Crippen molar-refractivity contribution in [1.82, 2.24) is 25.0 Å². The van der Waals surface area contributed by atoms with Gasteiger partial charge in [-0.15, -0.1) is 0 Å². The predicted molar refractivity (Wildman–Crippen MR) is 119 cm³/mol. The highest BCUT2D eigenvalue weighted by Crippen LogP contribution is 2.29. The molecule has 10 heteroatoms. The Balaban J connectivity index is 1.43. The Morgan fingerprint density at radius 1 is 1.09 bits per heavy atom. The highest BCUT2D eigenvalue weighted by molar-refractivity contribution is 7.89. The van der Waals surface area contributed by atoms with Crippen LogP contribution in [0.15, 0.2) is 47.6 Å². The number of carbonyl (C=O) groups is 1. The quantitative estimate of drug-likeness (QED) is 0.520. The maximum atomic E-state index is 12.4. The van der Waals surface area contributed by atoms with Gasteiger partial charge in [0, 0.05) is 30.4 Å². The second-order valence-electron chi connectivity index (χ2n) is 8.04. The summed E-state index contributed by atoms with van der Waals surface area (Å²) in [6, 6.07) is 8.58. The molecule has 1 fully saturated rings. The van der Waals surface area contributed by atoms with Gasteiger partial charge in [-0.05, 0) is 55.0 Å². The van der Waals surface area contributed by atoms with Crippen LogP contribution in [0, 0.1) is 5.92 Å². The SMILES string of the molecule is Nc1ncc(-c2ccc(S(=O)(=O)NCC3CC3)cn2)nc1-c1ccc2c(c1)CCNC2=O. The minimum Gasteiger partial charge on any atom is -0.382 e. The summed E-state index contributed by atoms with van der Waals surface area (Å²) in [7, 11) is -3.59. The first-order valence-corrected chi connectivity index (χ1v) is 11.9. The van der Waals surface area contributed by atoms with Crippen molar-refractivity contribution in [2.24, 2.45) is 5.92 Å². The van der Waals surface area contributed by atoms with Crippen LogP contribution in [0.5, 0.6) is 0 Å². The van der Waals surface area contributed by atoms with Crippen LogP contribution >= 0.6 is 0 Å². The monoisotopic (exact) mass is 450 g/mol. The van der Waals surface area contributed by atoms with E-state index in [1.165, 1.54) is 18.5 Å². The number of fused-ring (bicyclic) bond motifs is 1. The van der Waals surface area contributed by atoms with Crippen LogP contribution in [0.25, 0.3) is 22.6 Å². The van der Waals surface area contributed by atoms with Crippen LogP contribution in [0.2, 0.25) is 0 Å². The van der Waals surface area contributed by atoms with Crippen LogP contribution in [0.4, 0.5) is 5.82 Å². The van der Waals surface area contributed by atoms with Crippen LogP contribution in [-0.2, 0) is 16.4 Å². The number of sulfonamides is 1. The number of hydrogen-bond donors (Lipinski definition) is 3. The molecule has 0 bridgehead atoms. The van der Waals surface area contributed by atoms with Gasteiger partial charge in [-0.2, -0.15) is 0 Å². The summed E-state index contributed by atoms with van der Waals surface area (Å²) < 4.78 is 27.4. The third-order valence-corrected chi connectivity index (χ3v) is 7.08. The number of nitrogens with two attached hydrogens (primary N) is 1. The van der Waals surface area contributed by atoms with E-state index >= 15 is 0 Å². The number of benzene rings is 1. The first kappa shape index (κ1) is 20.5. The van der Waals surface area contributed by atoms with E-state index in [-0.39, 0.29) is 16.6 Å². The number of carbonyl (C=O) groups excluding carboxylic acids is 1. The normalized spacial score (nSPS) is 15.8. The summed E-state index contributed by atoms with van der Waals surface area (Å²) >= 11 is 0. The molecule has 1 aliphatic carbocycles. The Morgan fingerprint density at radius 3 is 2.69 bits per heavy atom. The summed E-state index contributed by atoms with van der Waals surface area (Å²) in [4.78, 5) is 25.3. The van der Waals surface area contributed by atoms with Crippen LogP contribution < -0.4 is 15.8 Å². The number of nitrogens with zero attached hydrogens (tertiary/aromatic N) is 3. The molecule has 32 heavy (non-hydrogen) atoms. The Kier molecular flexibility index (Phi) is 5.10. The van der Waals surface area contributed by atoms with E-state index in [1.807, 2.05) is 6.07 Å². The van der Waals surface area contributed by atoms with Crippen LogP contribution in [0.1, 0.15) is 28.8 Å². The molecule has 0 unspecified atom stereocenters. The van der Waals surface area contributed by atoms with E-state index in [0.29, 0.717) is 41.7 Å². The molecule has 4 N–H and O–H groups in total. The zero-order chi connectivity index (χ0) is 22.3. The minimum atomic E-state index is -3.59. The summed E-state index contributed by atoms with van der Waals surface area (Å²) in [6.45, 7) is 1.05. The van der Waals surface area contributed by atoms with Crippen molar-refractivity contribution < 1.29 is 13.2 Å². The van der Waals surface area contributed by atoms with Crippen molar-refractivity contribution in [2.75, 3.05) is 18.8 Å². The molecule has 3 aromatic rings. The molecule has 3 heterocycles. The van der Waals surface area contributed by atoms with Gasteiger partial charge >= 0.3 is 0 Å². The van der Waals surface area contributed by atoms with Gasteiger partial charge in [-0.25, -0.2) is 23.1 Å². The highest BCUT2D eigenvalue weighted by Gasteiger charge is 2.24.